The molecule has 0 saturated heterocycles. The van der Waals surface area contributed by atoms with Crippen LogP contribution in [0.2, 0.25) is 0 Å². The maximum Gasteiger partial charge on any atom is 0.181 e. The van der Waals surface area contributed by atoms with Gasteiger partial charge in [-0.25, -0.2) is 0 Å². The SMILES string of the molecule is CC(C)CCC(=O)[C@H]1C(=O)C(C(=O)CC(C)C)=C(O)C1CCC(C)C. The fraction of sp³-hybridized carbons (Fsp3) is 0.762. The molecule has 4 nitrogen and oxygen atoms in total. The number of aliphatic hydroxyl groups is 1. The van der Waals surface area contributed by atoms with Crippen LogP contribution < -0.4 is 0 Å². The zero-order valence-corrected chi connectivity index (χ0v) is 16.6. The van der Waals surface area contributed by atoms with Gasteiger partial charge in [-0.3, -0.25) is 14.4 Å². The third-order valence-corrected chi connectivity index (χ3v) is 4.78. The average Bonchev–Trinajstić information content (AvgIpc) is 2.72. The summed E-state index contributed by atoms with van der Waals surface area (Å²) in [6.07, 6.45) is 2.63. The first-order chi connectivity index (χ1) is 11.6. The molecule has 1 aliphatic rings. The van der Waals surface area contributed by atoms with Crippen molar-refractivity contribution in [3.63, 3.8) is 0 Å². The lowest BCUT2D eigenvalue weighted by molar-refractivity contribution is -0.132. The number of carbonyl (C=O) groups is 3. The minimum atomic E-state index is -0.872. The molecule has 142 valence electrons. The van der Waals surface area contributed by atoms with Crippen LogP contribution in [-0.2, 0) is 14.4 Å². The van der Waals surface area contributed by atoms with Crippen molar-refractivity contribution in [3.05, 3.63) is 11.3 Å². The van der Waals surface area contributed by atoms with Crippen LogP contribution in [0, 0.1) is 29.6 Å². The van der Waals surface area contributed by atoms with Crippen LogP contribution in [0.5, 0.6) is 0 Å². The lowest BCUT2D eigenvalue weighted by Gasteiger charge is -2.19. The topological polar surface area (TPSA) is 71.4 Å². The van der Waals surface area contributed by atoms with Crippen LogP contribution in [0.25, 0.3) is 0 Å². The van der Waals surface area contributed by atoms with Gasteiger partial charge < -0.3 is 5.11 Å². The highest BCUT2D eigenvalue weighted by atomic mass is 16.3. The molecule has 0 amide bonds. The normalized spacial score (nSPS) is 21.1. The molecule has 1 unspecified atom stereocenters. The van der Waals surface area contributed by atoms with E-state index in [0.29, 0.717) is 24.7 Å². The van der Waals surface area contributed by atoms with E-state index in [1.165, 1.54) is 0 Å². The summed E-state index contributed by atoms with van der Waals surface area (Å²) in [6, 6.07) is 0. The molecule has 4 heteroatoms. The van der Waals surface area contributed by atoms with Crippen LogP contribution in [0.3, 0.4) is 0 Å². The van der Waals surface area contributed by atoms with Gasteiger partial charge in [-0.15, -0.1) is 0 Å². The Labute approximate surface area is 152 Å². The third-order valence-electron chi connectivity index (χ3n) is 4.78. The van der Waals surface area contributed by atoms with E-state index in [1.54, 1.807) is 0 Å². The van der Waals surface area contributed by atoms with E-state index in [2.05, 4.69) is 13.8 Å². The average molecular weight is 350 g/mol. The predicted molar refractivity (Wildman–Crippen MR) is 99.3 cm³/mol. The number of allylic oxidation sites excluding steroid dienone is 2. The van der Waals surface area contributed by atoms with Crippen LogP contribution in [0.1, 0.15) is 73.6 Å². The van der Waals surface area contributed by atoms with Crippen molar-refractivity contribution in [2.24, 2.45) is 29.6 Å². The first-order valence-corrected chi connectivity index (χ1v) is 9.59. The van der Waals surface area contributed by atoms with Crippen molar-refractivity contribution in [1.29, 1.82) is 0 Å². The molecule has 0 aromatic rings. The molecule has 1 rings (SSSR count). The Balaban J connectivity index is 3.08. The number of aliphatic hydroxyl groups excluding tert-OH is 1. The predicted octanol–water partition coefficient (Wildman–Crippen LogP) is 4.67. The van der Waals surface area contributed by atoms with E-state index in [4.69, 9.17) is 0 Å². The maximum absolute atomic E-state index is 12.8. The Hall–Kier alpha value is -1.45. The Morgan fingerprint density at radius 3 is 2.00 bits per heavy atom. The van der Waals surface area contributed by atoms with E-state index in [1.807, 2.05) is 27.7 Å². The summed E-state index contributed by atoms with van der Waals surface area (Å²) in [5, 5.41) is 10.6. The van der Waals surface area contributed by atoms with Gasteiger partial charge >= 0.3 is 0 Å². The van der Waals surface area contributed by atoms with Crippen LogP contribution in [-0.4, -0.2) is 22.5 Å². The molecule has 0 aromatic heterocycles. The molecule has 0 aromatic carbocycles. The monoisotopic (exact) mass is 350 g/mol. The number of carbonyl (C=O) groups excluding carboxylic acids is 3. The van der Waals surface area contributed by atoms with Gasteiger partial charge in [-0.2, -0.15) is 0 Å². The molecule has 2 atom stereocenters. The first-order valence-electron chi connectivity index (χ1n) is 9.59. The third kappa shape index (κ3) is 5.79. The van der Waals surface area contributed by atoms with Gasteiger partial charge in [0.25, 0.3) is 0 Å². The summed E-state index contributed by atoms with van der Waals surface area (Å²) in [5.74, 6) is -1.57. The lowest BCUT2D eigenvalue weighted by atomic mass is 9.82. The van der Waals surface area contributed by atoms with Crippen molar-refractivity contribution in [3.8, 4) is 0 Å². The summed E-state index contributed by atoms with van der Waals surface area (Å²) < 4.78 is 0. The minimum absolute atomic E-state index is 0.102. The minimum Gasteiger partial charge on any atom is -0.511 e. The van der Waals surface area contributed by atoms with Crippen molar-refractivity contribution in [1.82, 2.24) is 0 Å². The molecule has 0 fully saturated rings. The Morgan fingerprint density at radius 2 is 1.52 bits per heavy atom. The zero-order chi connectivity index (χ0) is 19.3. The highest BCUT2D eigenvalue weighted by Gasteiger charge is 2.47. The Bertz CT molecular complexity index is 540. The second-order valence-electron chi connectivity index (χ2n) is 8.60. The molecule has 0 radical (unpaired) electrons. The number of Topliss-reactive ketones (excluding diaryl/α,β-unsaturated/α-hetero) is 3. The molecular formula is C21H34O4. The fourth-order valence-electron chi connectivity index (χ4n) is 3.33. The fourth-order valence-corrected chi connectivity index (χ4v) is 3.33. The standard InChI is InChI=1S/C21H34O4/c1-12(2)7-9-15-18(16(22)10-8-13(3)4)21(25)19(20(15)24)17(23)11-14(5)6/h12-15,18,24H,7-11H2,1-6H3/t15?,18-/m0/s1. The van der Waals surface area contributed by atoms with E-state index >= 15 is 0 Å². The summed E-state index contributed by atoms with van der Waals surface area (Å²) in [7, 11) is 0. The number of ketones is 3. The molecule has 0 heterocycles. The maximum atomic E-state index is 12.8. The zero-order valence-electron chi connectivity index (χ0n) is 16.6. The molecular weight excluding hydrogens is 316 g/mol. The molecule has 25 heavy (non-hydrogen) atoms. The largest absolute Gasteiger partial charge is 0.511 e. The summed E-state index contributed by atoms with van der Waals surface area (Å²) in [5.41, 5.74) is -0.106. The highest BCUT2D eigenvalue weighted by Crippen LogP contribution is 2.39. The van der Waals surface area contributed by atoms with Crippen LogP contribution in [0.4, 0.5) is 0 Å². The van der Waals surface area contributed by atoms with E-state index in [0.717, 1.165) is 12.8 Å². The van der Waals surface area contributed by atoms with E-state index < -0.39 is 17.6 Å². The molecule has 1 aliphatic carbocycles. The van der Waals surface area contributed by atoms with E-state index in [9.17, 15) is 19.5 Å². The molecule has 0 bridgehead atoms. The Morgan fingerprint density at radius 1 is 0.960 bits per heavy atom. The smallest absolute Gasteiger partial charge is 0.181 e. The first kappa shape index (κ1) is 21.6. The quantitative estimate of drug-likeness (QED) is 0.459. The van der Waals surface area contributed by atoms with Gasteiger partial charge in [0.05, 0.1) is 11.5 Å². The Kier molecular flexibility index (Phi) is 8.04. The lowest BCUT2D eigenvalue weighted by Crippen LogP contribution is -2.29. The summed E-state index contributed by atoms with van der Waals surface area (Å²) in [6.45, 7) is 12.0. The van der Waals surface area contributed by atoms with Crippen LogP contribution in [0.15, 0.2) is 11.3 Å². The van der Waals surface area contributed by atoms with E-state index in [-0.39, 0.29) is 35.2 Å². The number of hydrogen-bond donors (Lipinski definition) is 1. The second-order valence-corrected chi connectivity index (χ2v) is 8.60. The van der Waals surface area contributed by atoms with Gasteiger partial charge in [0.15, 0.2) is 11.6 Å². The second kappa shape index (κ2) is 9.30. The van der Waals surface area contributed by atoms with Crippen LogP contribution >= 0.6 is 0 Å². The van der Waals surface area contributed by atoms with Crippen molar-refractivity contribution >= 4 is 17.3 Å². The van der Waals surface area contributed by atoms with Crippen molar-refractivity contribution in [2.45, 2.75) is 73.6 Å². The number of rotatable bonds is 10. The molecule has 0 spiro atoms. The van der Waals surface area contributed by atoms with Gasteiger partial charge in [-0.1, -0.05) is 48.0 Å². The highest BCUT2D eigenvalue weighted by molar-refractivity contribution is 6.27. The van der Waals surface area contributed by atoms with Crippen molar-refractivity contribution < 1.29 is 19.5 Å². The molecule has 1 N–H and O–H groups in total. The molecule has 0 saturated carbocycles. The summed E-state index contributed by atoms with van der Waals surface area (Å²) in [4.78, 5) is 37.9. The van der Waals surface area contributed by atoms with Gasteiger partial charge in [0.2, 0.25) is 0 Å². The van der Waals surface area contributed by atoms with Gasteiger partial charge in [0.1, 0.15) is 11.5 Å². The summed E-state index contributed by atoms with van der Waals surface area (Å²) >= 11 is 0. The number of hydrogen-bond acceptors (Lipinski definition) is 4. The van der Waals surface area contributed by atoms with Gasteiger partial charge in [0, 0.05) is 18.8 Å². The van der Waals surface area contributed by atoms with Crippen molar-refractivity contribution in [2.75, 3.05) is 0 Å². The molecule has 0 aliphatic heterocycles. The van der Waals surface area contributed by atoms with Gasteiger partial charge in [-0.05, 0) is 30.6 Å².